The number of carbonyl (C=O) groups excluding carboxylic acids is 1. The predicted molar refractivity (Wildman–Crippen MR) is 109 cm³/mol. The van der Waals surface area contributed by atoms with Gasteiger partial charge in [-0.05, 0) is 43.7 Å². The number of halogens is 1. The standard InChI is InChI=1S/C19H23ClN2O4S/c1-4-18(19(23)21-15-9-7-11-17(13-15)26-5-2)22(27(3,24)25)16-10-6-8-14(20)12-16/h6-13,18H,4-5H2,1-3H3,(H,21,23)/t18-/m1/s1. The topological polar surface area (TPSA) is 75.7 Å². The lowest BCUT2D eigenvalue weighted by molar-refractivity contribution is -0.117. The molecule has 1 amide bonds. The van der Waals surface area contributed by atoms with E-state index in [1.807, 2.05) is 6.92 Å². The third kappa shape index (κ3) is 5.61. The molecule has 1 atom stereocenters. The van der Waals surface area contributed by atoms with E-state index < -0.39 is 22.0 Å². The van der Waals surface area contributed by atoms with Crippen LogP contribution in [0.5, 0.6) is 5.75 Å². The Kier molecular flexibility index (Phi) is 7.10. The average Bonchev–Trinajstić information content (AvgIpc) is 2.59. The number of hydrogen-bond donors (Lipinski definition) is 1. The Morgan fingerprint density at radius 1 is 1.19 bits per heavy atom. The Balaban J connectivity index is 2.33. The molecule has 0 radical (unpaired) electrons. The molecule has 0 aliphatic heterocycles. The fourth-order valence-corrected chi connectivity index (χ4v) is 4.12. The number of nitrogens with one attached hydrogen (secondary N) is 1. The molecule has 0 aromatic heterocycles. The van der Waals surface area contributed by atoms with Crippen LogP contribution in [0.25, 0.3) is 0 Å². The van der Waals surface area contributed by atoms with Crippen molar-refractivity contribution < 1.29 is 17.9 Å². The van der Waals surface area contributed by atoms with Gasteiger partial charge in [-0.15, -0.1) is 0 Å². The van der Waals surface area contributed by atoms with Crippen LogP contribution in [0.15, 0.2) is 48.5 Å². The number of carbonyl (C=O) groups is 1. The summed E-state index contributed by atoms with van der Waals surface area (Å²) in [5.41, 5.74) is 0.874. The molecule has 8 heteroatoms. The second kappa shape index (κ2) is 9.10. The maximum atomic E-state index is 12.9. The predicted octanol–water partition coefficient (Wildman–Crippen LogP) is 3.92. The molecule has 0 spiro atoms. The highest BCUT2D eigenvalue weighted by atomic mass is 35.5. The SMILES string of the molecule is CCOc1cccc(NC(=O)[C@@H](CC)N(c2cccc(Cl)c2)S(C)(=O)=O)c1. The molecule has 27 heavy (non-hydrogen) atoms. The van der Waals surface area contributed by atoms with Gasteiger partial charge < -0.3 is 10.1 Å². The number of ether oxygens (including phenoxy) is 1. The van der Waals surface area contributed by atoms with Crippen LogP contribution >= 0.6 is 11.6 Å². The lowest BCUT2D eigenvalue weighted by Gasteiger charge is -2.30. The molecular formula is C19H23ClN2O4S. The Labute approximate surface area is 165 Å². The molecule has 6 nitrogen and oxygen atoms in total. The molecule has 0 saturated heterocycles. The van der Waals surface area contributed by atoms with Gasteiger partial charge in [0.25, 0.3) is 0 Å². The molecule has 0 heterocycles. The molecule has 2 aromatic rings. The summed E-state index contributed by atoms with van der Waals surface area (Å²) >= 11 is 6.01. The molecule has 2 aromatic carbocycles. The van der Waals surface area contributed by atoms with Gasteiger partial charge in [-0.1, -0.05) is 30.7 Å². The number of amides is 1. The van der Waals surface area contributed by atoms with E-state index in [1.54, 1.807) is 49.4 Å². The number of anilines is 2. The molecule has 0 bridgehead atoms. The summed E-state index contributed by atoms with van der Waals surface area (Å²) in [6, 6.07) is 12.5. The van der Waals surface area contributed by atoms with Gasteiger partial charge in [0, 0.05) is 16.8 Å². The Morgan fingerprint density at radius 2 is 1.89 bits per heavy atom. The van der Waals surface area contributed by atoms with Crippen molar-refractivity contribution in [3.63, 3.8) is 0 Å². The van der Waals surface area contributed by atoms with Gasteiger partial charge in [-0.3, -0.25) is 9.10 Å². The second-order valence-electron chi connectivity index (χ2n) is 5.91. The minimum Gasteiger partial charge on any atom is -0.494 e. The van der Waals surface area contributed by atoms with Gasteiger partial charge in [-0.25, -0.2) is 8.42 Å². The van der Waals surface area contributed by atoms with Gasteiger partial charge in [0.2, 0.25) is 15.9 Å². The molecule has 0 fully saturated rings. The molecule has 0 aliphatic rings. The van der Waals surface area contributed by atoms with Crippen LogP contribution in [0.4, 0.5) is 11.4 Å². The average molecular weight is 411 g/mol. The minimum atomic E-state index is -3.71. The quantitative estimate of drug-likeness (QED) is 0.715. The highest BCUT2D eigenvalue weighted by molar-refractivity contribution is 7.92. The molecule has 0 saturated carbocycles. The summed E-state index contributed by atoms with van der Waals surface area (Å²) in [6.45, 7) is 4.13. The van der Waals surface area contributed by atoms with Gasteiger partial charge in [-0.2, -0.15) is 0 Å². The number of rotatable bonds is 8. The zero-order chi connectivity index (χ0) is 20.0. The first-order chi connectivity index (χ1) is 12.8. The van der Waals surface area contributed by atoms with E-state index in [-0.39, 0.29) is 6.42 Å². The van der Waals surface area contributed by atoms with Crippen molar-refractivity contribution in [1.29, 1.82) is 0 Å². The van der Waals surface area contributed by atoms with Gasteiger partial charge in [0.15, 0.2) is 0 Å². The zero-order valence-corrected chi connectivity index (χ0v) is 17.0. The summed E-state index contributed by atoms with van der Waals surface area (Å²) in [4.78, 5) is 12.9. The number of sulfonamides is 1. The fourth-order valence-electron chi connectivity index (χ4n) is 2.73. The smallest absolute Gasteiger partial charge is 0.248 e. The molecule has 0 aliphatic carbocycles. The zero-order valence-electron chi connectivity index (χ0n) is 15.5. The van der Waals surface area contributed by atoms with E-state index in [9.17, 15) is 13.2 Å². The molecule has 0 unspecified atom stereocenters. The van der Waals surface area contributed by atoms with Crippen molar-refractivity contribution in [3.8, 4) is 5.75 Å². The summed E-state index contributed by atoms with van der Waals surface area (Å²) < 4.78 is 31.4. The summed E-state index contributed by atoms with van der Waals surface area (Å²) in [5, 5.41) is 3.16. The molecular weight excluding hydrogens is 388 g/mol. The summed E-state index contributed by atoms with van der Waals surface area (Å²) in [5.74, 6) is 0.190. The Bertz CT molecular complexity index is 902. The lowest BCUT2D eigenvalue weighted by atomic mass is 10.1. The van der Waals surface area contributed by atoms with Crippen molar-refractivity contribution in [1.82, 2.24) is 0 Å². The first kappa shape index (κ1) is 21.1. The van der Waals surface area contributed by atoms with E-state index in [4.69, 9.17) is 16.3 Å². The number of nitrogens with zero attached hydrogens (tertiary/aromatic N) is 1. The van der Waals surface area contributed by atoms with E-state index in [1.165, 1.54) is 6.07 Å². The number of hydrogen-bond acceptors (Lipinski definition) is 4. The normalized spacial score (nSPS) is 12.3. The highest BCUT2D eigenvalue weighted by Gasteiger charge is 2.31. The van der Waals surface area contributed by atoms with Crippen LogP contribution in [0.3, 0.4) is 0 Å². The third-order valence-corrected chi connectivity index (χ3v) is 5.22. The van der Waals surface area contributed by atoms with Crippen molar-refractivity contribution >= 4 is 38.9 Å². The van der Waals surface area contributed by atoms with Crippen LogP contribution in [-0.2, 0) is 14.8 Å². The van der Waals surface area contributed by atoms with Crippen molar-refractivity contribution in [2.24, 2.45) is 0 Å². The van der Waals surface area contributed by atoms with Gasteiger partial charge in [0.05, 0.1) is 18.6 Å². The minimum absolute atomic E-state index is 0.288. The highest BCUT2D eigenvalue weighted by Crippen LogP contribution is 2.26. The summed E-state index contributed by atoms with van der Waals surface area (Å²) in [7, 11) is -3.71. The van der Waals surface area contributed by atoms with Gasteiger partial charge >= 0.3 is 0 Å². The maximum Gasteiger partial charge on any atom is 0.248 e. The van der Waals surface area contributed by atoms with Crippen LogP contribution in [-0.4, -0.2) is 33.2 Å². The van der Waals surface area contributed by atoms with E-state index >= 15 is 0 Å². The van der Waals surface area contributed by atoms with E-state index in [0.717, 1.165) is 10.6 Å². The van der Waals surface area contributed by atoms with Crippen molar-refractivity contribution in [2.45, 2.75) is 26.3 Å². The first-order valence-electron chi connectivity index (χ1n) is 8.55. The monoisotopic (exact) mass is 410 g/mol. The van der Waals surface area contributed by atoms with E-state index in [2.05, 4.69) is 5.32 Å². The lowest BCUT2D eigenvalue weighted by Crippen LogP contribution is -2.47. The largest absolute Gasteiger partial charge is 0.494 e. The van der Waals surface area contributed by atoms with Crippen LogP contribution < -0.4 is 14.4 Å². The van der Waals surface area contributed by atoms with Crippen LogP contribution in [0.2, 0.25) is 5.02 Å². The van der Waals surface area contributed by atoms with Crippen LogP contribution in [0.1, 0.15) is 20.3 Å². The number of benzene rings is 2. The van der Waals surface area contributed by atoms with Crippen molar-refractivity contribution in [2.75, 3.05) is 22.5 Å². The molecule has 2 rings (SSSR count). The Hall–Kier alpha value is -2.25. The third-order valence-electron chi connectivity index (χ3n) is 3.80. The summed E-state index contributed by atoms with van der Waals surface area (Å²) in [6.07, 6.45) is 1.36. The van der Waals surface area contributed by atoms with Crippen LogP contribution in [0, 0.1) is 0 Å². The first-order valence-corrected chi connectivity index (χ1v) is 10.8. The fraction of sp³-hybridized carbons (Fsp3) is 0.316. The molecule has 1 N–H and O–H groups in total. The van der Waals surface area contributed by atoms with Crippen molar-refractivity contribution in [3.05, 3.63) is 53.6 Å². The van der Waals surface area contributed by atoms with Gasteiger partial charge in [0.1, 0.15) is 11.8 Å². The van der Waals surface area contributed by atoms with E-state index in [0.29, 0.717) is 28.8 Å². The molecule has 146 valence electrons. The second-order valence-corrected chi connectivity index (χ2v) is 8.21. The Morgan fingerprint density at radius 3 is 2.48 bits per heavy atom. The maximum absolute atomic E-state index is 12.9.